The molecule has 4 nitrogen and oxygen atoms in total. The van der Waals surface area contributed by atoms with Gasteiger partial charge in [-0.2, -0.15) is 0 Å². The van der Waals surface area contributed by atoms with Crippen LogP contribution in [-0.2, 0) is 0 Å². The Kier molecular flexibility index (Phi) is 5.49. The Morgan fingerprint density at radius 1 is 0.962 bits per heavy atom. The maximum atomic E-state index is 13.7. The summed E-state index contributed by atoms with van der Waals surface area (Å²) in [5.41, 5.74) is 1.78. The second kappa shape index (κ2) is 7.64. The molecule has 7 heteroatoms. The van der Waals surface area contributed by atoms with Crippen LogP contribution in [0.2, 0.25) is 10.0 Å². The summed E-state index contributed by atoms with van der Waals surface area (Å²) < 4.78 is 13.7. The Morgan fingerprint density at radius 3 is 2.15 bits per heavy atom. The van der Waals surface area contributed by atoms with Crippen LogP contribution in [0.3, 0.4) is 0 Å². The van der Waals surface area contributed by atoms with Crippen LogP contribution in [-0.4, -0.2) is 42.8 Å². The van der Waals surface area contributed by atoms with Gasteiger partial charge in [0.05, 0.1) is 15.6 Å². The number of hydrogen-bond acceptors (Lipinski definition) is 3. The molecule has 0 aliphatic carbocycles. The molecule has 0 N–H and O–H groups in total. The molecule has 1 saturated heterocycles. The van der Waals surface area contributed by atoms with E-state index in [-0.39, 0.29) is 27.3 Å². The Labute approximate surface area is 161 Å². The summed E-state index contributed by atoms with van der Waals surface area (Å²) in [7, 11) is 0. The van der Waals surface area contributed by atoms with Gasteiger partial charge in [0.1, 0.15) is 5.82 Å². The van der Waals surface area contributed by atoms with Crippen LogP contribution in [0.25, 0.3) is 0 Å². The third-order valence-electron chi connectivity index (χ3n) is 4.45. The van der Waals surface area contributed by atoms with Gasteiger partial charge in [0.25, 0.3) is 5.91 Å². The van der Waals surface area contributed by atoms with Crippen LogP contribution in [0.5, 0.6) is 0 Å². The number of carbonyl (C=O) groups is 2. The topological polar surface area (TPSA) is 40.6 Å². The van der Waals surface area contributed by atoms with Crippen LogP contribution in [0.15, 0.2) is 36.4 Å². The van der Waals surface area contributed by atoms with E-state index in [9.17, 15) is 14.0 Å². The molecule has 0 aromatic heterocycles. The van der Waals surface area contributed by atoms with E-state index in [0.717, 1.165) is 11.8 Å². The van der Waals surface area contributed by atoms with Gasteiger partial charge >= 0.3 is 0 Å². The zero-order valence-electron chi connectivity index (χ0n) is 14.1. The van der Waals surface area contributed by atoms with Crippen LogP contribution >= 0.6 is 23.2 Å². The first-order valence-corrected chi connectivity index (χ1v) is 8.92. The highest BCUT2D eigenvalue weighted by atomic mass is 35.5. The normalized spacial score (nSPS) is 14.5. The highest BCUT2D eigenvalue weighted by molar-refractivity contribution is 6.36. The molecule has 1 heterocycles. The molecule has 1 aliphatic heterocycles. The zero-order valence-corrected chi connectivity index (χ0v) is 15.6. The van der Waals surface area contributed by atoms with Crippen molar-refractivity contribution in [3.05, 3.63) is 63.4 Å². The average Bonchev–Trinajstić information content (AvgIpc) is 2.64. The fourth-order valence-corrected chi connectivity index (χ4v) is 3.40. The van der Waals surface area contributed by atoms with Gasteiger partial charge in [-0.25, -0.2) is 4.39 Å². The molecule has 1 aliphatic rings. The number of nitrogens with zero attached hydrogens (tertiary/aromatic N) is 2. The Balaban J connectivity index is 1.67. The minimum absolute atomic E-state index is 0.0269. The predicted molar refractivity (Wildman–Crippen MR) is 101 cm³/mol. The van der Waals surface area contributed by atoms with E-state index >= 15 is 0 Å². The number of benzene rings is 2. The molecule has 0 atom stereocenters. The van der Waals surface area contributed by atoms with E-state index in [1.165, 1.54) is 13.0 Å². The molecular formula is C19H17Cl2FN2O2. The second-order valence-corrected chi connectivity index (χ2v) is 6.94. The molecule has 2 aromatic rings. The summed E-state index contributed by atoms with van der Waals surface area (Å²) >= 11 is 11.7. The van der Waals surface area contributed by atoms with Gasteiger partial charge in [-0.05, 0) is 43.3 Å². The molecule has 0 radical (unpaired) electrons. The lowest BCUT2D eigenvalue weighted by atomic mass is 10.1. The van der Waals surface area contributed by atoms with E-state index in [1.807, 2.05) is 12.1 Å². The fourth-order valence-electron chi connectivity index (χ4n) is 2.93. The number of rotatable bonds is 3. The fraction of sp³-hybridized carbons (Fsp3) is 0.263. The quantitative estimate of drug-likeness (QED) is 0.575. The van der Waals surface area contributed by atoms with Crippen LogP contribution in [0, 0.1) is 5.82 Å². The molecule has 0 bridgehead atoms. The van der Waals surface area contributed by atoms with Crippen molar-refractivity contribution >= 4 is 40.6 Å². The second-order valence-electron chi connectivity index (χ2n) is 6.13. The van der Waals surface area contributed by atoms with E-state index in [2.05, 4.69) is 4.90 Å². The number of amides is 1. The maximum absolute atomic E-state index is 13.7. The minimum Gasteiger partial charge on any atom is -0.368 e. The number of halogens is 3. The average molecular weight is 395 g/mol. The largest absolute Gasteiger partial charge is 0.368 e. The first kappa shape index (κ1) is 18.7. The number of Topliss-reactive ketones (excluding diaryl/α,β-unsaturated/α-hetero) is 1. The minimum atomic E-state index is -0.663. The first-order valence-electron chi connectivity index (χ1n) is 8.16. The van der Waals surface area contributed by atoms with Crippen molar-refractivity contribution in [2.75, 3.05) is 31.1 Å². The molecule has 26 heavy (non-hydrogen) atoms. The summed E-state index contributed by atoms with van der Waals surface area (Å²) in [6, 6.07) is 9.73. The third kappa shape index (κ3) is 3.84. The lowest BCUT2D eigenvalue weighted by Gasteiger charge is -2.36. The standard InChI is InChI=1S/C19H17Cl2FN2O2/c1-12(25)13-2-4-14(5-3-13)23-6-8-24(9-7-23)19(26)15-10-18(22)17(21)11-16(15)20/h2-5,10-11H,6-9H2,1H3. The van der Waals surface area contributed by atoms with E-state index in [1.54, 1.807) is 17.0 Å². The van der Waals surface area contributed by atoms with E-state index < -0.39 is 5.82 Å². The van der Waals surface area contributed by atoms with Crippen molar-refractivity contribution in [1.29, 1.82) is 0 Å². The van der Waals surface area contributed by atoms with Crippen LogP contribution < -0.4 is 4.90 Å². The number of piperazine rings is 1. The molecule has 1 amide bonds. The number of carbonyl (C=O) groups excluding carboxylic acids is 2. The molecule has 0 saturated carbocycles. The van der Waals surface area contributed by atoms with Crippen molar-refractivity contribution < 1.29 is 14.0 Å². The van der Waals surface area contributed by atoms with E-state index in [4.69, 9.17) is 23.2 Å². The lowest BCUT2D eigenvalue weighted by Crippen LogP contribution is -2.48. The van der Waals surface area contributed by atoms with Crippen molar-refractivity contribution in [3.63, 3.8) is 0 Å². The first-order chi connectivity index (χ1) is 12.4. The smallest absolute Gasteiger partial charge is 0.255 e. The van der Waals surface area contributed by atoms with Gasteiger partial charge in [0.15, 0.2) is 5.78 Å². The molecular weight excluding hydrogens is 378 g/mol. The van der Waals surface area contributed by atoms with Crippen molar-refractivity contribution in [1.82, 2.24) is 4.90 Å². The highest BCUT2D eigenvalue weighted by Gasteiger charge is 2.24. The van der Waals surface area contributed by atoms with Gasteiger partial charge in [0, 0.05) is 37.4 Å². The summed E-state index contributed by atoms with van der Waals surface area (Å²) in [5.74, 6) is -0.945. The van der Waals surface area contributed by atoms with Crippen LogP contribution in [0.1, 0.15) is 27.6 Å². The molecule has 1 fully saturated rings. The Morgan fingerprint density at radius 2 is 1.58 bits per heavy atom. The van der Waals surface area contributed by atoms with Gasteiger partial charge in [-0.15, -0.1) is 0 Å². The zero-order chi connectivity index (χ0) is 18.8. The van der Waals surface area contributed by atoms with Crippen molar-refractivity contribution in [2.45, 2.75) is 6.92 Å². The predicted octanol–water partition coefficient (Wildman–Crippen LogP) is 4.30. The van der Waals surface area contributed by atoms with E-state index in [0.29, 0.717) is 31.7 Å². The summed E-state index contributed by atoms with van der Waals surface area (Å²) in [6.45, 7) is 3.80. The molecule has 0 unspecified atom stereocenters. The van der Waals surface area contributed by atoms with Gasteiger partial charge in [0.2, 0.25) is 0 Å². The molecule has 2 aromatic carbocycles. The van der Waals surface area contributed by atoms with Crippen molar-refractivity contribution in [3.8, 4) is 0 Å². The van der Waals surface area contributed by atoms with Crippen LogP contribution in [0.4, 0.5) is 10.1 Å². The maximum Gasteiger partial charge on any atom is 0.255 e. The van der Waals surface area contributed by atoms with Gasteiger partial charge in [-0.1, -0.05) is 23.2 Å². The summed E-state index contributed by atoms with van der Waals surface area (Å²) in [4.78, 5) is 27.8. The number of ketones is 1. The summed E-state index contributed by atoms with van der Waals surface area (Å²) in [6.07, 6.45) is 0. The molecule has 136 valence electrons. The summed E-state index contributed by atoms with van der Waals surface area (Å²) in [5, 5.41) is 0.0361. The SMILES string of the molecule is CC(=O)c1ccc(N2CCN(C(=O)c3cc(F)c(Cl)cc3Cl)CC2)cc1. The van der Waals surface area contributed by atoms with Gasteiger partial charge < -0.3 is 9.80 Å². The molecule has 0 spiro atoms. The Bertz CT molecular complexity index is 847. The number of hydrogen-bond donors (Lipinski definition) is 0. The van der Waals surface area contributed by atoms with Crippen molar-refractivity contribution in [2.24, 2.45) is 0 Å². The molecule has 3 rings (SSSR count). The lowest BCUT2D eigenvalue weighted by molar-refractivity contribution is 0.0746. The highest BCUT2D eigenvalue weighted by Crippen LogP contribution is 2.26. The van der Waals surface area contributed by atoms with Gasteiger partial charge in [-0.3, -0.25) is 9.59 Å². The third-order valence-corrected chi connectivity index (χ3v) is 5.05. The Hall–Kier alpha value is -2.11. The number of anilines is 1. The monoisotopic (exact) mass is 394 g/mol.